The number of aliphatic hydroxyl groups excluding tert-OH is 1. The summed E-state index contributed by atoms with van der Waals surface area (Å²) in [6.07, 6.45) is 7.52. The summed E-state index contributed by atoms with van der Waals surface area (Å²) in [6, 6.07) is 0. The molecule has 2 atom stereocenters. The van der Waals surface area contributed by atoms with Gasteiger partial charge < -0.3 is 14.8 Å². The van der Waals surface area contributed by atoms with Crippen LogP contribution in [0, 0.1) is 5.92 Å². The number of hydrogen-bond acceptors (Lipinski definition) is 4. The second-order valence-corrected chi connectivity index (χ2v) is 4.21. The number of nitrogens with one attached hydrogen (secondary N) is 1. The lowest BCUT2D eigenvalue weighted by atomic mass is 9.86. The highest BCUT2D eigenvalue weighted by atomic mass is 16.3. The summed E-state index contributed by atoms with van der Waals surface area (Å²) < 4.78 is 5.11. The molecule has 4 nitrogen and oxygen atoms in total. The highest BCUT2D eigenvalue weighted by Gasteiger charge is 2.22. The molecule has 0 aromatic carbocycles. The molecule has 0 saturated heterocycles. The van der Waals surface area contributed by atoms with Gasteiger partial charge >= 0.3 is 0 Å². The Morgan fingerprint density at radius 1 is 1.47 bits per heavy atom. The highest BCUT2D eigenvalue weighted by Crippen LogP contribution is 2.23. The van der Waals surface area contributed by atoms with Crippen molar-refractivity contribution in [1.29, 1.82) is 0 Å². The van der Waals surface area contributed by atoms with E-state index in [1.165, 1.54) is 19.2 Å². The molecular weight excluding hydrogens is 192 g/mol. The lowest BCUT2D eigenvalue weighted by Crippen LogP contribution is -2.33. The third-order valence-corrected chi connectivity index (χ3v) is 3.06. The van der Waals surface area contributed by atoms with Gasteiger partial charge in [-0.2, -0.15) is 0 Å². The Morgan fingerprint density at radius 3 is 3.07 bits per heavy atom. The molecule has 2 rings (SSSR count). The fourth-order valence-electron chi connectivity index (χ4n) is 2.14. The Hall–Kier alpha value is -0.870. The minimum atomic E-state index is -0.124. The van der Waals surface area contributed by atoms with Crippen molar-refractivity contribution in [2.45, 2.75) is 38.3 Å². The fraction of sp³-hybridized carbons (Fsp3) is 0.727. The van der Waals surface area contributed by atoms with E-state index in [4.69, 9.17) is 4.42 Å². The molecule has 0 radical (unpaired) electrons. The van der Waals surface area contributed by atoms with Gasteiger partial charge in [0.15, 0.2) is 6.39 Å². The van der Waals surface area contributed by atoms with Crippen LogP contribution >= 0.6 is 0 Å². The standard InChI is InChI=1S/C11H18N2O2/c14-11-4-2-1-3-9(11)5-12-6-10-7-13-8-15-10/h7-9,11-12,14H,1-6H2. The molecule has 1 aliphatic rings. The molecule has 0 amide bonds. The van der Waals surface area contributed by atoms with E-state index in [0.29, 0.717) is 12.5 Å². The fourth-order valence-corrected chi connectivity index (χ4v) is 2.14. The Labute approximate surface area is 89.7 Å². The third-order valence-electron chi connectivity index (χ3n) is 3.06. The summed E-state index contributed by atoms with van der Waals surface area (Å²) in [5, 5.41) is 13.0. The molecule has 84 valence electrons. The average molecular weight is 210 g/mol. The molecule has 1 aliphatic carbocycles. The molecule has 0 spiro atoms. The van der Waals surface area contributed by atoms with Crippen LogP contribution in [0.3, 0.4) is 0 Å². The average Bonchev–Trinajstić information content (AvgIpc) is 2.74. The van der Waals surface area contributed by atoms with E-state index < -0.39 is 0 Å². The van der Waals surface area contributed by atoms with Crippen molar-refractivity contribution in [2.24, 2.45) is 5.92 Å². The van der Waals surface area contributed by atoms with Crippen LogP contribution in [0.25, 0.3) is 0 Å². The van der Waals surface area contributed by atoms with E-state index in [-0.39, 0.29) is 6.10 Å². The summed E-state index contributed by atoms with van der Waals surface area (Å²) in [5.41, 5.74) is 0. The minimum absolute atomic E-state index is 0.124. The minimum Gasteiger partial charge on any atom is -0.447 e. The van der Waals surface area contributed by atoms with Crippen LogP contribution in [0.4, 0.5) is 0 Å². The number of rotatable bonds is 4. The van der Waals surface area contributed by atoms with Gasteiger partial charge in [0, 0.05) is 6.54 Å². The Bertz CT molecular complexity index is 274. The van der Waals surface area contributed by atoms with E-state index >= 15 is 0 Å². The zero-order valence-electron chi connectivity index (χ0n) is 8.85. The van der Waals surface area contributed by atoms with E-state index in [0.717, 1.165) is 25.1 Å². The van der Waals surface area contributed by atoms with Crippen LogP contribution in [0.2, 0.25) is 0 Å². The maximum absolute atomic E-state index is 9.75. The SMILES string of the molecule is OC1CCCCC1CNCc1cnco1. The summed E-state index contributed by atoms with van der Waals surface area (Å²) in [7, 11) is 0. The number of aliphatic hydroxyl groups is 1. The smallest absolute Gasteiger partial charge is 0.180 e. The van der Waals surface area contributed by atoms with Crippen molar-refractivity contribution in [1.82, 2.24) is 10.3 Å². The lowest BCUT2D eigenvalue weighted by Gasteiger charge is -2.27. The number of aromatic nitrogens is 1. The first-order chi connectivity index (χ1) is 7.36. The van der Waals surface area contributed by atoms with Crippen molar-refractivity contribution in [3.8, 4) is 0 Å². The van der Waals surface area contributed by atoms with Crippen LogP contribution in [-0.4, -0.2) is 22.7 Å². The number of hydrogen-bond donors (Lipinski definition) is 2. The van der Waals surface area contributed by atoms with Crippen molar-refractivity contribution in [3.05, 3.63) is 18.4 Å². The molecule has 15 heavy (non-hydrogen) atoms. The molecule has 1 aromatic heterocycles. The molecule has 2 unspecified atom stereocenters. The molecule has 2 N–H and O–H groups in total. The van der Waals surface area contributed by atoms with Gasteiger partial charge in [0.05, 0.1) is 18.8 Å². The van der Waals surface area contributed by atoms with Gasteiger partial charge in [0.25, 0.3) is 0 Å². The highest BCUT2D eigenvalue weighted by molar-refractivity contribution is 4.87. The predicted octanol–water partition coefficient (Wildman–Crippen LogP) is 1.32. The van der Waals surface area contributed by atoms with Gasteiger partial charge in [-0.15, -0.1) is 0 Å². The van der Waals surface area contributed by atoms with Gasteiger partial charge in [-0.3, -0.25) is 0 Å². The van der Waals surface area contributed by atoms with Gasteiger partial charge in [0.1, 0.15) is 5.76 Å². The largest absolute Gasteiger partial charge is 0.447 e. The first kappa shape index (κ1) is 10.6. The molecule has 0 aliphatic heterocycles. The zero-order valence-corrected chi connectivity index (χ0v) is 8.85. The topological polar surface area (TPSA) is 58.3 Å². The van der Waals surface area contributed by atoms with E-state index in [1.807, 2.05) is 0 Å². The lowest BCUT2D eigenvalue weighted by molar-refractivity contribution is 0.0692. The van der Waals surface area contributed by atoms with Crippen molar-refractivity contribution in [2.75, 3.05) is 6.54 Å². The van der Waals surface area contributed by atoms with Gasteiger partial charge in [-0.05, 0) is 18.8 Å². The third kappa shape index (κ3) is 3.04. The first-order valence-electron chi connectivity index (χ1n) is 5.62. The van der Waals surface area contributed by atoms with Crippen molar-refractivity contribution in [3.63, 3.8) is 0 Å². The van der Waals surface area contributed by atoms with E-state index in [2.05, 4.69) is 10.3 Å². The molecule has 1 fully saturated rings. The Balaban J connectivity index is 1.68. The quantitative estimate of drug-likeness (QED) is 0.786. The molecule has 1 heterocycles. The monoisotopic (exact) mass is 210 g/mol. The summed E-state index contributed by atoms with van der Waals surface area (Å²) in [5.74, 6) is 1.25. The first-order valence-corrected chi connectivity index (χ1v) is 5.62. The van der Waals surface area contributed by atoms with E-state index in [9.17, 15) is 5.11 Å². The Morgan fingerprint density at radius 2 is 2.33 bits per heavy atom. The van der Waals surface area contributed by atoms with Crippen molar-refractivity contribution >= 4 is 0 Å². The summed E-state index contributed by atoms with van der Waals surface area (Å²) >= 11 is 0. The normalized spacial score (nSPS) is 26.7. The van der Waals surface area contributed by atoms with Gasteiger partial charge in [-0.1, -0.05) is 12.8 Å². The molecule has 4 heteroatoms. The number of nitrogens with zero attached hydrogens (tertiary/aromatic N) is 1. The van der Waals surface area contributed by atoms with Crippen LogP contribution in [0.5, 0.6) is 0 Å². The predicted molar refractivity (Wildman–Crippen MR) is 56.2 cm³/mol. The van der Waals surface area contributed by atoms with E-state index in [1.54, 1.807) is 6.20 Å². The van der Waals surface area contributed by atoms with Gasteiger partial charge in [0.2, 0.25) is 0 Å². The molecular formula is C11H18N2O2. The molecule has 1 aromatic rings. The van der Waals surface area contributed by atoms with Crippen molar-refractivity contribution < 1.29 is 9.52 Å². The van der Waals surface area contributed by atoms with Crippen LogP contribution in [0.15, 0.2) is 17.0 Å². The second-order valence-electron chi connectivity index (χ2n) is 4.21. The molecule has 1 saturated carbocycles. The second kappa shape index (κ2) is 5.28. The molecule has 0 bridgehead atoms. The van der Waals surface area contributed by atoms with Crippen LogP contribution in [0.1, 0.15) is 31.4 Å². The van der Waals surface area contributed by atoms with Crippen LogP contribution in [-0.2, 0) is 6.54 Å². The maximum Gasteiger partial charge on any atom is 0.180 e. The van der Waals surface area contributed by atoms with Crippen LogP contribution < -0.4 is 5.32 Å². The summed E-state index contributed by atoms with van der Waals surface area (Å²) in [4.78, 5) is 3.85. The van der Waals surface area contributed by atoms with Gasteiger partial charge in [-0.25, -0.2) is 4.98 Å². The zero-order chi connectivity index (χ0) is 10.5. The maximum atomic E-state index is 9.75. The summed E-state index contributed by atoms with van der Waals surface area (Å²) in [6.45, 7) is 1.56. The Kier molecular flexibility index (Phi) is 3.75. The number of oxazole rings is 1.